The number of esters is 2. The second kappa shape index (κ2) is 9.68. The minimum atomic E-state index is -1.04. The van der Waals surface area contributed by atoms with E-state index in [2.05, 4.69) is 5.32 Å². The molecule has 1 aliphatic heterocycles. The van der Waals surface area contributed by atoms with E-state index in [0.29, 0.717) is 24.7 Å². The normalized spacial score (nSPS) is 18.6. The average molecular weight is 432 g/mol. The van der Waals surface area contributed by atoms with Gasteiger partial charge in [-0.1, -0.05) is 41.9 Å². The third-order valence-corrected chi connectivity index (χ3v) is 6.07. The van der Waals surface area contributed by atoms with Crippen LogP contribution in [-0.2, 0) is 19.1 Å². The highest BCUT2D eigenvalue weighted by molar-refractivity contribution is 8.14. The molecule has 1 fully saturated rings. The SMILES string of the molecule is CC(=O)SC(C(=O)c1ccc(Cl)c(Cl)c1)C(C)C(=O)OC(=O)[C@@H]1CCCN1. The van der Waals surface area contributed by atoms with Crippen LogP contribution >= 0.6 is 35.0 Å². The lowest BCUT2D eigenvalue weighted by atomic mass is 9.99. The van der Waals surface area contributed by atoms with Gasteiger partial charge in [0.05, 0.1) is 21.2 Å². The first kappa shape index (κ1) is 21.9. The Balaban J connectivity index is 2.16. The third kappa shape index (κ3) is 5.78. The van der Waals surface area contributed by atoms with Crippen LogP contribution in [0.2, 0.25) is 10.0 Å². The lowest BCUT2D eigenvalue weighted by Gasteiger charge is -2.20. The van der Waals surface area contributed by atoms with E-state index in [0.717, 1.165) is 6.42 Å². The summed E-state index contributed by atoms with van der Waals surface area (Å²) >= 11 is 12.5. The van der Waals surface area contributed by atoms with Gasteiger partial charge in [-0.25, -0.2) is 4.79 Å². The molecule has 1 aliphatic rings. The quantitative estimate of drug-likeness (QED) is 0.419. The van der Waals surface area contributed by atoms with Gasteiger partial charge in [-0.3, -0.25) is 14.4 Å². The van der Waals surface area contributed by atoms with Crippen LogP contribution in [-0.4, -0.2) is 40.7 Å². The molecule has 0 aliphatic carbocycles. The Bertz CT molecular complexity index is 764. The molecule has 1 aromatic rings. The van der Waals surface area contributed by atoms with Crippen molar-refractivity contribution in [3.8, 4) is 0 Å². The number of ketones is 1. The number of hydrogen-bond donors (Lipinski definition) is 1. The van der Waals surface area contributed by atoms with Gasteiger partial charge in [-0.05, 0) is 37.6 Å². The van der Waals surface area contributed by atoms with Gasteiger partial charge < -0.3 is 10.1 Å². The number of hydrogen-bond acceptors (Lipinski definition) is 7. The number of rotatable bonds is 6. The van der Waals surface area contributed by atoms with Gasteiger partial charge in [0.2, 0.25) is 0 Å². The fraction of sp³-hybridized carbons (Fsp3) is 0.444. The van der Waals surface area contributed by atoms with E-state index in [1.54, 1.807) is 0 Å². The van der Waals surface area contributed by atoms with E-state index in [1.807, 2.05) is 0 Å². The number of Topliss-reactive ketones (excluding diaryl/α,β-unsaturated/α-hetero) is 1. The van der Waals surface area contributed by atoms with Crippen LogP contribution in [0.25, 0.3) is 0 Å². The lowest BCUT2D eigenvalue weighted by molar-refractivity contribution is -0.163. The minimum absolute atomic E-state index is 0.187. The first-order valence-corrected chi connectivity index (χ1v) is 9.99. The number of benzene rings is 1. The zero-order chi connectivity index (χ0) is 20.1. The smallest absolute Gasteiger partial charge is 0.330 e. The van der Waals surface area contributed by atoms with E-state index in [1.165, 1.54) is 32.0 Å². The summed E-state index contributed by atoms with van der Waals surface area (Å²) in [6.45, 7) is 3.43. The zero-order valence-electron chi connectivity index (χ0n) is 14.8. The first-order chi connectivity index (χ1) is 12.7. The predicted molar refractivity (Wildman–Crippen MR) is 104 cm³/mol. The zero-order valence-corrected chi connectivity index (χ0v) is 17.1. The third-order valence-electron chi connectivity index (χ3n) is 4.13. The predicted octanol–water partition coefficient (Wildman–Crippen LogP) is 3.28. The molecule has 2 unspecified atom stereocenters. The Hall–Kier alpha value is -1.41. The summed E-state index contributed by atoms with van der Waals surface area (Å²) in [4.78, 5) is 48.9. The van der Waals surface area contributed by atoms with Crippen molar-refractivity contribution in [2.45, 2.75) is 38.0 Å². The minimum Gasteiger partial charge on any atom is -0.392 e. The van der Waals surface area contributed by atoms with Crippen LogP contribution in [0.1, 0.15) is 37.0 Å². The summed E-state index contributed by atoms with van der Waals surface area (Å²) in [7, 11) is 0. The summed E-state index contributed by atoms with van der Waals surface area (Å²) in [5.74, 6) is -2.99. The fourth-order valence-electron chi connectivity index (χ4n) is 2.65. The number of thioether (sulfide) groups is 1. The van der Waals surface area contributed by atoms with Crippen molar-refractivity contribution in [3.63, 3.8) is 0 Å². The van der Waals surface area contributed by atoms with Gasteiger partial charge in [0.15, 0.2) is 10.9 Å². The molecule has 146 valence electrons. The number of carbonyl (C=O) groups is 4. The molecule has 0 radical (unpaired) electrons. The summed E-state index contributed by atoms with van der Waals surface area (Å²) in [5.41, 5.74) is 0.214. The number of halogens is 2. The average Bonchev–Trinajstić information content (AvgIpc) is 3.15. The molecule has 1 saturated heterocycles. The Morgan fingerprint density at radius 3 is 2.48 bits per heavy atom. The largest absolute Gasteiger partial charge is 0.392 e. The maximum Gasteiger partial charge on any atom is 0.330 e. The van der Waals surface area contributed by atoms with Gasteiger partial charge in [0.25, 0.3) is 0 Å². The van der Waals surface area contributed by atoms with Crippen molar-refractivity contribution in [3.05, 3.63) is 33.8 Å². The van der Waals surface area contributed by atoms with Crippen LogP contribution in [0.15, 0.2) is 18.2 Å². The van der Waals surface area contributed by atoms with Crippen LogP contribution in [0, 0.1) is 5.92 Å². The molecule has 0 bridgehead atoms. The van der Waals surface area contributed by atoms with Gasteiger partial charge in [-0.15, -0.1) is 0 Å². The molecule has 2 rings (SSSR count). The lowest BCUT2D eigenvalue weighted by Crippen LogP contribution is -2.38. The maximum atomic E-state index is 12.9. The molecule has 27 heavy (non-hydrogen) atoms. The van der Waals surface area contributed by atoms with E-state index in [4.69, 9.17) is 27.9 Å². The van der Waals surface area contributed by atoms with Crippen molar-refractivity contribution in [2.24, 2.45) is 5.92 Å². The maximum absolute atomic E-state index is 12.9. The highest BCUT2D eigenvalue weighted by Gasteiger charge is 2.36. The number of ether oxygens (including phenoxy) is 1. The van der Waals surface area contributed by atoms with Crippen LogP contribution in [0.4, 0.5) is 0 Å². The Kier molecular flexibility index (Phi) is 7.85. The monoisotopic (exact) mass is 431 g/mol. The molecule has 1 heterocycles. The van der Waals surface area contributed by atoms with Crippen molar-refractivity contribution in [1.82, 2.24) is 5.32 Å². The Morgan fingerprint density at radius 1 is 1.22 bits per heavy atom. The Labute approximate surface area is 171 Å². The highest BCUT2D eigenvalue weighted by Crippen LogP contribution is 2.29. The summed E-state index contributed by atoms with van der Waals surface area (Å²) in [5, 5.41) is 2.03. The van der Waals surface area contributed by atoms with Crippen molar-refractivity contribution in [2.75, 3.05) is 6.54 Å². The van der Waals surface area contributed by atoms with E-state index >= 15 is 0 Å². The fourth-order valence-corrected chi connectivity index (χ4v) is 3.86. The second-order valence-electron chi connectivity index (χ2n) is 6.20. The molecule has 0 amide bonds. The molecular formula is C18H19Cl2NO5S. The van der Waals surface area contributed by atoms with Crippen molar-refractivity contribution < 1.29 is 23.9 Å². The molecule has 3 atom stereocenters. The van der Waals surface area contributed by atoms with Crippen LogP contribution in [0.3, 0.4) is 0 Å². The molecule has 0 spiro atoms. The Morgan fingerprint density at radius 2 is 1.93 bits per heavy atom. The molecule has 1 N–H and O–H groups in total. The molecule has 0 saturated carbocycles. The summed E-state index contributed by atoms with van der Waals surface area (Å²) in [6.07, 6.45) is 1.41. The second-order valence-corrected chi connectivity index (χ2v) is 8.33. The van der Waals surface area contributed by atoms with Crippen LogP contribution < -0.4 is 5.32 Å². The molecule has 9 heteroatoms. The number of carbonyl (C=O) groups excluding carboxylic acids is 4. The topological polar surface area (TPSA) is 89.5 Å². The van der Waals surface area contributed by atoms with Crippen LogP contribution in [0.5, 0.6) is 0 Å². The summed E-state index contributed by atoms with van der Waals surface area (Å²) < 4.78 is 4.92. The number of nitrogens with one attached hydrogen (secondary N) is 1. The molecule has 0 aromatic heterocycles. The molecular weight excluding hydrogens is 413 g/mol. The van der Waals surface area contributed by atoms with Crippen molar-refractivity contribution >= 4 is 57.8 Å². The van der Waals surface area contributed by atoms with E-state index < -0.39 is 34.9 Å². The van der Waals surface area contributed by atoms with Gasteiger partial charge in [0.1, 0.15) is 6.04 Å². The van der Waals surface area contributed by atoms with Crippen molar-refractivity contribution in [1.29, 1.82) is 0 Å². The summed E-state index contributed by atoms with van der Waals surface area (Å²) in [6, 6.07) is 3.79. The molecule has 6 nitrogen and oxygen atoms in total. The molecule has 1 aromatic carbocycles. The standard InChI is InChI=1S/C18H19Cl2NO5S/c1-9(17(24)26-18(25)14-4-3-7-21-14)16(27-10(2)22)15(23)11-5-6-12(19)13(20)8-11/h5-6,8-9,14,16,21H,3-4,7H2,1-2H3/t9?,14-,16?/m0/s1. The first-order valence-electron chi connectivity index (χ1n) is 8.36. The van der Waals surface area contributed by atoms with Gasteiger partial charge in [0, 0.05) is 12.5 Å². The highest BCUT2D eigenvalue weighted by atomic mass is 35.5. The van der Waals surface area contributed by atoms with E-state index in [-0.39, 0.29) is 20.7 Å². The van der Waals surface area contributed by atoms with Gasteiger partial charge >= 0.3 is 11.9 Å². The van der Waals surface area contributed by atoms with Gasteiger partial charge in [-0.2, -0.15) is 0 Å². The van der Waals surface area contributed by atoms with E-state index in [9.17, 15) is 19.2 Å².